The zero-order valence-corrected chi connectivity index (χ0v) is 13.2. The maximum atomic E-state index is 12.9. The molecule has 1 heterocycles. The second kappa shape index (κ2) is 7.74. The first-order chi connectivity index (χ1) is 10.3. The van der Waals surface area contributed by atoms with Gasteiger partial charge in [-0.2, -0.15) is 0 Å². The van der Waals surface area contributed by atoms with Gasteiger partial charge in [0.2, 0.25) is 5.91 Å². The van der Waals surface area contributed by atoms with Gasteiger partial charge in [0, 0.05) is 6.54 Å². The van der Waals surface area contributed by atoms with Crippen LogP contribution in [0.4, 0.5) is 15.8 Å². The van der Waals surface area contributed by atoms with Crippen LogP contribution < -0.4 is 16.0 Å². The third-order valence-corrected chi connectivity index (χ3v) is 2.80. The Labute approximate surface area is 129 Å². The summed E-state index contributed by atoms with van der Waals surface area (Å²) in [5, 5.41) is 8.61. The Morgan fingerprint density at radius 3 is 2.55 bits per heavy atom. The van der Waals surface area contributed by atoms with E-state index in [0.717, 1.165) is 5.69 Å². The molecule has 7 heteroatoms. The zero-order chi connectivity index (χ0) is 16.8. The predicted molar refractivity (Wildman–Crippen MR) is 83.3 cm³/mol. The Balaban J connectivity index is 0.000000295. The van der Waals surface area contributed by atoms with Crippen molar-refractivity contribution in [2.24, 2.45) is 0 Å². The van der Waals surface area contributed by atoms with Crippen LogP contribution in [-0.4, -0.2) is 37.6 Å². The highest BCUT2D eigenvalue weighted by molar-refractivity contribution is 5.99. The van der Waals surface area contributed by atoms with Crippen LogP contribution in [0.15, 0.2) is 18.2 Å². The van der Waals surface area contributed by atoms with E-state index in [0.29, 0.717) is 18.7 Å². The molecular weight excluding hydrogens is 289 g/mol. The molecule has 0 aromatic heterocycles. The topological polar surface area (TPSA) is 79.5 Å². The first-order valence-corrected chi connectivity index (χ1v) is 6.90. The molecule has 0 saturated carbocycles. The van der Waals surface area contributed by atoms with E-state index in [4.69, 9.17) is 0 Å². The van der Waals surface area contributed by atoms with Gasteiger partial charge in [-0.05, 0) is 46.0 Å². The Bertz CT molecular complexity index is 529. The van der Waals surface area contributed by atoms with E-state index >= 15 is 0 Å². The van der Waals surface area contributed by atoms with E-state index < -0.39 is 0 Å². The lowest BCUT2D eigenvalue weighted by atomic mass is 10.2. The number of amides is 1. The number of likely N-dealkylation sites (N-methyl/N-ethyl adjacent to an activating group) is 1. The third kappa shape index (κ3) is 5.69. The van der Waals surface area contributed by atoms with Gasteiger partial charge in [0.1, 0.15) is 17.5 Å². The second-order valence-corrected chi connectivity index (χ2v) is 5.73. The summed E-state index contributed by atoms with van der Waals surface area (Å²) in [6.45, 7) is 6.41. The van der Waals surface area contributed by atoms with E-state index in [9.17, 15) is 14.0 Å². The van der Waals surface area contributed by atoms with Crippen molar-refractivity contribution in [2.45, 2.75) is 32.4 Å². The molecular formula is C15H22FN3O3. The average Bonchev–Trinajstić information content (AvgIpc) is 2.55. The van der Waals surface area contributed by atoms with Crippen molar-refractivity contribution in [1.82, 2.24) is 5.32 Å². The Morgan fingerprint density at radius 1 is 1.36 bits per heavy atom. The van der Waals surface area contributed by atoms with Gasteiger partial charge in [-0.1, -0.05) is 0 Å². The summed E-state index contributed by atoms with van der Waals surface area (Å²) in [5.74, 6) is -0.520. The van der Waals surface area contributed by atoms with Crippen LogP contribution in [-0.2, 0) is 14.3 Å². The van der Waals surface area contributed by atoms with Gasteiger partial charge in [-0.15, -0.1) is 0 Å². The molecule has 1 unspecified atom stereocenters. The van der Waals surface area contributed by atoms with Crippen LogP contribution in [0, 0.1) is 5.82 Å². The van der Waals surface area contributed by atoms with Crippen LogP contribution in [0.1, 0.15) is 20.8 Å². The lowest BCUT2D eigenvalue weighted by Crippen LogP contribution is -2.41. The Kier molecular flexibility index (Phi) is 6.30. The first kappa shape index (κ1) is 17.9. The van der Waals surface area contributed by atoms with E-state index in [-0.39, 0.29) is 23.4 Å². The van der Waals surface area contributed by atoms with Gasteiger partial charge in [-0.25, -0.2) is 4.39 Å². The first-order valence-electron chi connectivity index (χ1n) is 6.90. The van der Waals surface area contributed by atoms with Crippen molar-refractivity contribution < 1.29 is 18.7 Å². The molecule has 1 amide bonds. The van der Waals surface area contributed by atoms with Crippen LogP contribution in [0.5, 0.6) is 0 Å². The number of rotatable bonds is 2. The van der Waals surface area contributed by atoms with E-state index in [1.165, 1.54) is 12.1 Å². The monoisotopic (exact) mass is 311 g/mol. The minimum atomic E-state index is -0.362. The number of benzene rings is 1. The van der Waals surface area contributed by atoms with Crippen molar-refractivity contribution in [1.29, 1.82) is 0 Å². The minimum absolute atomic E-state index is 0.158. The van der Waals surface area contributed by atoms with Crippen molar-refractivity contribution in [3.8, 4) is 0 Å². The van der Waals surface area contributed by atoms with E-state index in [1.54, 1.807) is 13.1 Å². The van der Waals surface area contributed by atoms with Crippen LogP contribution in [0.25, 0.3) is 0 Å². The molecule has 0 fully saturated rings. The van der Waals surface area contributed by atoms with Crippen molar-refractivity contribution in [3.05, 3.63) is 24.0 Å². The Hall–Kier alpha value is -2.15. The molecule has 0 bridgehead atoms. The number of nitrogens with one attached hydrogen (secondary N) is 3. The summed E-state index contributed by atoms with van der Waals surface area (Å²) in [5.41, 5.74) is 0.905. The van der Waals surface area contributed by atoms with Crippen LogP contribution >= 0.6 is 0 Å². The lowest BCUT2D eigenvalue weighted by molar-refractivity contribution is -0.138. The number of anilines is 2. The number of carbonyl (C=O) groups is 2. The molecule has 1 aromatic rings. The molecule has 1 aliphatic heterocycles. The number of fused-ring (bicyclic) bond motifs is 1. The molecule has 1 aromatic carbocycles. The normalized spacial score (nSPS) is 17.0. The fraction of sp³-hybridized carbons (Fsp3) is 0.467. The van der Waals surface area contributed by atoms with Crippen molar-refractivity contribution >= 4 is 23.8 Å². The van der Waals surface area contributed by atoms with Gasteiger partial charge < -0.3 is 20.7 Å². The van der Waals surface area contributed by atoms with Crippen LogP contribution in [0.2, 0.25) is 0 Å². The minimum Gasteiger partial charge on any atom is -0.462 e. The standard InChI is InChI=1S/C10H12FN3O.C5H10O2/c1-12-9-5-13-7-3-2-6(11)4-8(7)14-10(9)15;1-5(2,3)7-4-6/h2-4,9,12-13H,5H2,1H3,(H,14,15);4H,1-3H3. The number of hydrogen-bond donors (Lipinski definition) is 3. The number of hydrogen-bond acceptors (Lipinski definition) is 5. The highest BCUT2D eigenvalue weighted by Gasteiger charge is 2.21. The highest BCUT2D eigenvalue weighted by Crippen LogP contribution is 2.24. The molecule has 0 aliphatic carbocycles. The van der Waals surface area contributed by atoms with E-state index in [2.05, 4.69) is 20.7 Å². The largest absolute Gasteiger partial charge is 0.462 e. The maximum absolute atomic E-state index is 12.9. The molecule has 0 radical (unpaired) electrons. The molecule has 2 rings (SSSR count). The van der Waals surface area contributed by atoms with Gasteiger partial charge in [-0.3, -0.25) is 9.59 Å². The van der Waals surface area contributed by atoms with Gasteiger partial charge in [0.25, 0.3) is 6.47 Å². The highest BCUT2D eigenvalue weighted by atomic mass is 19.1. The third-order valence-electron chi connectivity index (χ3n) is 2.80. The fourth-order valence-corrected chi connectivity index (χ4v) is 1.68. The summed E-state index contributed by atoms with van der Waals surface area (Å²) in [4.78, 5) is 21.2. The van der Waals surface area contributed by atoms with Gasteiger partial charge >= 0.3 is 0 Å². The maximum Gasteiger partial charge on any atom is 0.293 e. The number of halogens is 1. The summed E-state index contributed by atoms with van der Waals surface area (Å²) in [6.07, 6.45) is 0. The van der Waals surface area contributed by atoms with E-state index in [1.807, 2.05) is 20.8 Å². The molecule has 0 spiro atoms. The SMILES string of the molecule is CC(C)(C)OC=O.CNC1CNc2ccc(F)cc2NC1=O. The summed E-state index contributed by atoms with van der Waals surface area (Å²) in [7, 11) is 1.71. The quantitative estimate of drug-likeness (QED) is 0.725. The summed E-state index contributed by atoms with van der Waals surface area (Å²) >= 11 is 0. The van der Waals surface area contributed by atoms with Crippen LogP contribution in [0.3, 0.4) is 0 Å². The number of ether oxygens (including phenoxy) is 1. The molecule has 22 heavy (non-hydrogen) atoms. The summed E-state index contributed by atoms with van der Waals surface area (Å²) in [6, 6.07) is 3.97. The molecule has 3 N–H and O–H groups in total. The summed E-state index contributed by atoms with van der Waals surface area (Å²) < 4.78 is 17.5. The molecule has 1 aliphatic rings. The average molecular weight is 311 g/mol. The van der Waals surface area contributed by atoms with Crippen molar-refractivity contribution in [3.63, 3.8) is 0 Å². The fourth-order valence-electron chi connectivity index (χ4n) is 1.68. The molecule has 0 saturated heterocycles. The van der Waals surface area contributed by atoms with Gasteiger partial charge in [0.15, 0.2) is 0 Å². The molecule has 6 nitrogen and oxygen atoms in total. The van der Waals surface area contributed by atoms with Gasteiger partial charge in [0.05, 0.1) is 11.4 Å². The number of carbonyl (C=O) groups excluding carboxylic acids is 2. The van der Waals surface area contributed by atoms with Crippen molar-refractivity contribution in [2.75, 3.05) is 24.2 Å². The second-order valence-electron chi connectivity index (χ2n) is 5.73. The zero-order valence-electron chi connectivity index (χ0n) is 13.2. The molecule has 122 valence electrons. The lowest BCUT2D eigenvalue weighted by Gasteiger charge is -2.14. The smallest absolute Gasteiger partial charge is 0.293 e. The molecule has 1 atom stereocenters. The Morgan fingerprint density at radius 2 is 2.05 bits per heavy atom. The predicted octanol–water partition coefficient (Wildman–Crippen LogP) is 1.74.